The van der Waals surface area contributed by atoms with Crippen LogP contribution in [0.1, 0.15) is 33.1 Å². The van der Waals surface area contributed by atoms with Crippen LogP contribution in [0, 0.1) is 0 Å². The van der Waals surface area contributed by atoms with Gasteiger partial charge in [0.2, 0.25) is 5.91 Å². The van der Waals surface area contributed by atoms with E-state index < -0.39 is 0 Å². The van der Waals surface area contributed by atoms with Gasteiger partial charge in [0.1, 0.15) is 0 Å². The number of nitrogens with one attached hydrogen (secondary N) is 3. The summed E-state index contributed by atoms with van der Waals surface area (Å²) in [5.74, 6) is -0.110. The van der Waals surface area contributed by atoms with Crippen molar-refractivity contribution in [1.29, 1.82) is 0 Å². The molecule has 0 unspecified atom stereocenters. The molecule has 1 fully saturated rings. The van der Waals surface area contributed by atoms with E-state index in [-0.39, 0.29) is 18.4 Å². The van der Waals surface area contributed by atoms with Gasteiger partial charge in [0.25, 0.3) is 0 Å². The lowest BCUT2D eigenvalue weighted by Crippen LogP contribution is -2.43. The summed E-state index contributed by atoms with van der Waals surface area (Å²) < 4.78 is 0. The third-order valence-corrected chi connectivity index (χ3v) is 4.03. The molecule has 1 saturated carbocycles. The van der Waals surface area contributed by atoms with Gasteiger partial charge in [-0.3, -0.25) is 9.69 Å². The van der Waals surface area contributed by atoms with Crippen molar-refractivity contribution in [3.05, 3.63) is 30.3 Å². The van der Waals surface area contributed by atoms with Crippen LogP contribution in [0.3, 0.4) is 0 Å². The van der Waals surface area contributed by atoms with Crippen molar-refractivity contribution in [3.63, 3.8) is 0 Å². The maximum Gasteiger partial charge on any atom is 0.314 e. The first-order valence-corrected chi connectivity index (χ1v) is 8.68. The summed E-state index contributed by atoms with van der Waals surface area (Å²) in [5, 5.41) is 8.36. The van der Waals surface area contributed by atoms with Gasteiger partial charge in [0.05, 0.1) is 0 Å². The van der Waals surface area contributed by atoms with E-state index in [0.717, 1.165) is 12.2 Å². The fourth-order valence-corrected chi connectivity index (χ4v) is 2.66. The summed E-state index contributed by atoms with van der Waals surface area (Å²) in [5.41, 5.74) is 0.765. The average molecular weight is 332 g/mol. The molecule has 1 aliphatic rings. The molecule has 0 saturated heterocycles. The lowest BCUT2D eigenvalue weighted by atomic mass is 10.3. The number of carbonyl (C=O) groups is 2. The number of hydrogen-bond donors (Lipinski definition) is 3. The highest BCUT2D eigenvalue weighted by atomic mass is 16.2. The minimum Gasteiger partial charge on any atom is -0.338 e. The fourth-order valence-electron chi connectivity index (χ4n) is 2.66. The monoisotopic (exact) mass is 332 g/mol. The minimum atomic E-state index is -0.220. The molecule has 0 aromatic heterocycles. The Hall–Kier alpha value is -2.08. The van der Waals surface area contributed by atoms with E-state index in [9.17, 15) is 9.59 Å². The first-order chi connectivity index (χ1) is 11.6. The summed E-state index contributed by atoms with van der Waals surface area (Å²) in [6, 6.07) is 10.3. The van der Waals surface area contributed by atoms with Gasteiger partial charge in [-0.15, -0.1) is 0 Å². The second-order valence-corrected chi connectivity index (χ2v) is 6.41. The third-order valence-electron chi connectivity index (χ3n) is 4.03. The largest absolute Gasteiger partial charge is 0.338 e. The van der Waals surface area contributed by atoms with Crippen molar-refractivity contribution >= 4 is 17.6 Å². The van der Waals surface area contributed by atoms with Crippen LogP contribution in [-0.2, 0) is 4.79 Å². The molecule has 132 valence electrons. The van der Waals surface area contributed by atoms with Crippen LogP contribution in [0.4, 0.5) is 10.5 Å². The zero-order chi connectivity index (χ0) is 17.4. The average Bonchev–Trinajstić information content (AvgIpc) is 3.37. The van der Waals surface area contributed by atoms with Crippen LogP contribution in [0.25, 0.3) is 0 Å². The van der Waals surface area contributed by atoms with Crippen LogP contribution < -0.4 is 16.0 Å². The second kappa shape index (κ2) is 9.27. The quantitative estimate of drug-likeness (QED) is 0.649. The topological polar surface area (TPSA) is 73.5 Å². The molecule has 0 bridgehead atoms. The first kappa shape index (κ1) is 18.3. The van der Waals surface area contributed by atoms with Crippen LogP contribution in [-0.4, -0.2) is 48.6 Å². The molecule has 24 heavy (non-hydrogen) atoms. The maximum absolute atomic E-state index is 11.8. The molecule has 3 N–H and O–H groups in total. The van der Waals surface area contributed by atoms with Crippen LogP contribution >= 0.6 is 0 Å². The van der Waals surface area contributed by atoms with Crippen molar-refractivity contribution in [2.24, 2.45) is 0 Å². The molecule has 2 rings (SSSR count). The standard InChI is InChI=1S/C18H28N4O2/c1-14(2)22(16-8-9-16)13-12-20-18(24)19-11-10-17(23)21-15-6-4-3-5-7-15/h3-7,14,16H,8-13H2,1-2H3,(H,21,23)(H2,19,20,24). The van der Waals surface area contributed by atoms with Crippen molar-refractivity contribution in [2.75, 3.05) is 25.0 Å². The smallest absolute Gasteiger partial charge is 0.314 e. The van der Waals surface area contributed by atoms with E-state index >= 15 is 0 Å². The van der Waals surface area contributed by atoms with Crippen LogP contribution in [0.2, 0.25) is 0 Å². The van der Waals surface area contributed by atoms with Crippen LogP contribution in [0.15, 0.2) is 30.3 Å². The highest BCUT2D eigenvalue weighted by molar-refractivity contribution is 5.91. The molecule has 6 nitrogen and oxygen atoms in total. The Labute approximate surface area is 144 Å². The molecule has 1 aromatic carbocycles. The maximum atomic E-state index is 11.8. The Balaban J connectivity index is 1.55. The molecule has 0 atom stereocenters. The molecule has 6 heteroatoms. The predicted octanol–water partition coefficient (Wildman–Crippen LogP) is 2.19. The van der Waals surface area contributed by atoms with E-state index in [2.05, 4.69) is 34.7 Å². The number of rotatable bonds is 9. The van der Waals surface area contributed by atoms with Gasteiger partial charge < -0.3 is 16.0 Å². The Kier molecular flexibility index (Phi) is 7.06. The highest BCUT2D eigenvalue weighted by Gasteiger charge is 2.30. The van der Waals surface area contributed by atoms with Gasteiger partial charge in [-0.1, -0.05) is 18.2 Å². The molecule has 0 spiro atoms. The van der Waals surface area contributed by atoms with E-state index in [4.69, 9.17) is 0 Å². The molecular weight excluding hydrogens is 304 g/mol. The summed E-state index contributed by atoms with van der Waals surface area (Å²) in [4.78, 5) is 25.9. The molecule has 0 aliphatic heterocycles. The zero-order valence-electron chi connectivity index (χ0n) is 14.5. The number of para-hydroxylation sites is 1. The molecule has 1 aromatic rings. The van der Waals surface area contributed by atoms with Crippen molar-refractivity contribution in [1.82, 2.24) is 15.5 Å². The number of anilines is 1. The lowest BCUT2D eigenvalue weighted by molar-refractivity contribution is -0.116. The van der Waals surface area contributed by atoms with E-state index in [1.54, 1.807) is 0 Å². The molecule has 1 aliphatic carbocycles. The van der Waals surface area contributed by atoms with Crippen molar-refractivity contribution in [2.45, 2.75) is 45.2 Å². The molecule has 0 radical (unpaired) electrons. The predicted molar refractivity (Wildman–Crippen MR) is 96.0 cm³/mol. The number of benzene rings is 1. The number of nitrogens with zero attached hydrogens (tertiary/aromatic N) is 1. The highest BCUT2D eigenvalue weighted by Crippen LogP contribution is 2.27. The Morgan fingerprint density at radius 2 is 1.79 bits per heavy atom. The Morgan fingerprint density at radius 3 is 2.42 bits per heavy atom. The van der Waals surface area contributed by atoms with E-state index in [1.165, 1.54) is 12.8 Å². The minimum absolute atomic E-state index is 0.110. The normalized spacial score (nSPS) is 13.8. The summed E-state index contributed by atoms with van der Waals surface area (Å²) in [7, 11) is 0. The van der Waals surface area contributed by atoms with Crippen LogP contribution in [0.5, 0.6) is 0 Å². The number of carbonyl (C=O) groups excluding carboxylic acids is 2. The van der Waals surface area contributed by atoms with Gasteiger partial charge >= 0.3 is 6.03 Å². The summed E-state index contributed by atoms with van der Waals surface area (Å²) in [6.45, 7) is 6.18. The van der Waals surface area contributed by atoms with E-state index in [1.807, 2.05) is 30.3 Å². The Morgan fingerprint density at radius 1 is 1.12 bits per heavy atom. The summed E-state index contributed by atoms with van der Waals surface area (Å²) >= 11 is 0. The number of hydrogen-bond acceptors (Lipinski definition) is 3. The Bertz CT molecular complexity index is 527. The zero-order valence-corrected chi connectivity index (χ0v) is 14.5. The lowest BCUT2D eigenvalue weighted by Gasteiger charge is -2.26. The number of amides is 3. The third kappa shape index (κ3) is 6.58. The first-order valence-electron chi connectivity index (χ1n) is 8.68. The fraction of sp³-hybridized carbons (Fsp3) is 0.556. The summed E-state index contributed by atoms with van der Waals surface area (Å²) in [6.07, 6.45) is 2.78. The molecule has 0 heterocycles. The number of urea groups is 1. The SMILES string of the molecule is CC(C)N(CCNC(=O)NCCC(=O)Nc1ccccc1)C1CC1. The van der Waals surface area contributed by atoms with Gasteiger partial charge in [-0.25, -0.2) is 4.79 Å². The van der Waals surface area contributed by atoms with Crippen molar-refractivity contribution < 1.29 is 9.59 Å². The van der Waals surface area contributed by atoms with Crippen molar-refractivity contribution in [3.8, 4) is 0 Å². The molecule has 3 amide bonds. The molecular formula is C18H28N4O2. The van der Waals surface area contributed by atoms with Gasteiger partial charge in [-0.05, 0) is 38.8 Å². The second-order valence-electron chi connectivity index (χ2n) is 6.41. The van der Waals surface area contributed by atoms with E-state index in [0.29, 0.717) is 25.2 Å². The van der Waals surface area contributed by atoms with Gasteiger partial charge in [-0.2, -0.15) is 0 Å². The van der Waals surface area contributed by atoms with Gasteiger partial charge in [0.15, 0.2) is 0 Å². The van der Waals surface area contributed by atoms with Gasteiger partial charge in [0, 0.05) is 43.8 Å².